The van der Waals surface area contributed by atoms with Crippen molar-refractivity contribution >= 4 is 51.4 Å². The van der Waals surface area contributed by atoms with Gasteiger partial charge in [0.2, 0.25) is 0 Å². The van der Waals surface area contributed by atoms with Gasteiger partial charge in [-0.2, -0.15) is 0 Å². The van der Waals surface area contributed by atoms with Crippen molar-refractivity contribution in [1.29, 1.82) is 0 Å². The van der Waals surface area contributed by atoms with Crippen LogP contribution in [0.15, 0.2) is 0 Å². The Hall–Kier alpha value is 1.56. The van der Waals surface area contributed by atoms with E-state index in [9.17, 15) is 0 Å². The van der Waals surface area contributed by atoms with Crippen molar-refractivity contribution in [2.45, 2.75) is 52.1 Å². The molecule has 1 N–H and O–H groups in total. The normalized spacial score (nSPS) is 28.8. The molecule has 2 bridgehead atoms. The van der Waals surface area contributed by atoms with Gasteiger partial charge < -0.3 is 10.0 Å². The molecule has 3 heteroatoms. The maximum atomic E-state index is 8.83. The van der Waals surface area contributed by atoms with Crippen LogP contribution >= 0.6 is 0 Å². The van der Waals surface area contributed by atoms with Crippen molar-refractivity contribution in [3.05, 3.63) is 0 Å². The number of aliphatic hydroxyl groups is 1. The first kappa shape index (κ1) is 16.6. The summed E-state index contributed by atoms with van der Waals surface area (Å²) in [5, 5.41) is 8.83. The van der Waals surface area contributed by atoms with Crippen LogP contribution in [0.5, 0.6) is 0 Å². The Morgan fingerprint density at radius 3 is 1.53 bits per heavy atom. The van der Waals surface area contributed by atoms with E-state index < -0.39 is 5.60 Å². The SMILES string of the molecule is C1CN2CCC1CC2.CCC(C)(C)O.[KH]. The Kier molecular flexibility index (Phi) is 8.61. The van der Waals surface area contributed by atoms with Gasteiger partial charge in [-0.15, -0.1) is 0 Å². The van der Waals surface area contributed by atoms with E-state index in [1.165, 1.54) is 38.9 Å². The molecule has 15 heavy (non-hydrogen) atoms. The van der Waals surface area contributed by atoms with Crippen LogP contribution in [0.3, 0.4) is 0 Å². The van der Waals surface area contributed by atoms with E-state index in [1.807, 2.05) is 6.92 Å². The molecule has 0 atom stereocenters. The molecule has 3 aliphatic rings. The van der Waals surface area contributed by atoms with Gasteiger partial charge in [0.15, 0.2) is 0 Å². The van der Waals surface area contributed by atoms with Crippen LogP contribution in [0.1, 0.15) is 46.5 Å². The van der Waals surface area contributed by atoms with Crippen LogP contribution in [-0.4, -0.2) is 86.6 Å². The van der Waals surface area contributed by atoms with E-state index in [0.717, 1.165) is 12.3 Å². The van der Waals surface area contributed by atoms with Gasteiger partial charge in [0.25, 0.3) is 0 Å². The van der Waals surface area contributed by atoms with Crippen LogP contribution in [0.4, 0.5) is 0 Å². The van der Waals surface area contributed by atoms with Crippen molar-refractivity contribution in [1.82, 2.24) is 4.90 Å². The van der Waals surface area contributed by atoms with E-state index in [4.69, 9.17) is 5.11 Å². The standard InChI is InChI=1S/C7H13N.C5H12O.K.H/c1-4-8-5-2-7(1)3-6-8;1-4-5(2,3)6;;/h7H,1-6H2;6H,4H2,1-3H3;;. The third-order valence-corrected chi connectivity index (χ3v) is 3.43. The summed E-state index contributed by atoms with van der Waals surface area (Å²) in [6.07, 6.45) is 5.28. The number of rotatable bonds is 1. The molecular weight excluding hydrogens is 213 g/mol. The summed E-state index contributed by atoms with van der Waals surface area (Å²) in [6.45, 7) is 9.74. The Balaban J connectivity index is 0.000000258. The Morgan fingerprint density at radius 1 is 1.13 bits per heavy atom. The predicted octanol–water partition coefficient (Wildman–Crippen LogP) is 1.62. The van der Waals surface area contributed by atoms with Crippen LogP contribution in [0.25, 0.3) is 0 Å². The van der Waals surface area contributed by atoms with Crippen molar-refractivity contribution < 1.29 is 5.11 Å². The minimum atomic E-state index is -0.458. The van der Waals surface area contributed by atoms with Gasteiger partial charge in [0, 0.05) is 0 Å². The van der Waals surface area contributed by atoms with Gasteiger partial charge >= 0.3 is 51.4 Å². The molecular formula is C12H26KNO. The molecule has 3 rings (SSSR count). The topological polar surface area (TPSA) is 23.5 Å². The van der Waals surface area contributed by atoms with Gasteiger partial charge in [-0.05, 0) is 65.1 Å². The van der Waals surface area contributed by atoms with Gasteiger partial charge in [-0.25, -0.2) is 0 Å². The number of fused-ring (bicyclic) bond motifs is 3. The molecule has 0 aromatic carbocycles. The molecule has 0 aromatic heterocycles. The van der Waals surface area contributed by atoms with E-state index in [0.29, 0.717) is 0 Å². The second-order valence-corrected chi connectivity index (χ2v) is 5.24. The first-order chi connectivity index (χ1) is 6.51. The molecule has 3 saturated heterocycles. The van der Waals surface area contributed by atoms with Crippen LogP contribution < -0.4 is 0 Å². The Morgan fingerprint density at radius 2 is 1.47 bits per heavy atom. The van der Waals surface area contributed by atoms with Gasteiger partial charge in [-0.3, -0.25) is 0 Å². The maximum absolute atomic E-state index is 8.83. The quantitative estimate of drug-likeness (QED) is 0.703. The molecule has 2 nitrogen and oxygen atoms in total. The average molecular weight is 239 g/mol. The summed E-state index contributed by atoms with van der Waals surface area (Å²) in [6, 6.07) is 0. The molecule has 3 fully saturated rings. The monoisotopic (exact) mass is 239 g/mol. The van der Waals surface area contributed by atoms with E-state index >= 15 is 0 Å². The summed E-state index contributed by atoms with van der Waals surface area (Å²) >= 11 is 0. The summed E-state index contributed by atoms with van der Waals surface area (Å²) in [5.41, 5.74) is -0.458. The predicted molar refractivity (Wildman–Crippen MR) is 67.5 cm³/mol. The molecule has 3 aliphatic heterocycles. The average Bonchev–Trinajstić information content (AvgIpc) is 2.21. The fourth-order valence-corrected chi connectivity index (χ4v) is 1.86. The fourth-order valence-electron chi connectivity index (χ4n) is 1.86. The second kappa shape index (κ2) is 7.80. The van der Waals surface area contributed by atoms with Crippen LogP contribution in [-0.2, 0) is 0 Å². The van der Waals surface area contributed by atoms with Crippen LogP contribution in [0.2, 0.25) is 0 Å². The first-order valence-corrected chi connectivity index (χ1v) is 5.96. The molecule has 3 heterocycles. The van der Waals surface area contributed by atoms with E-state index in [-0.39, 0.29) is 51.4 Å². The van der Waals surface area contributed by atoms with E-state index in [2.05, 4.69) is 4.90 Å². The van der Waals surface area contributed by atoms with Gasteiger partial charge in [-0.1, -0.05) is 6.92 Å². The van der Waals surface area contributed by atoms with Crippen molar-refractivity contribution in [3.63, 3.8) is 0 Å². The van der Waals surface area contributed by atoms with Gasteiger partial charge in [0.1, 0.15) is 0 Å². The second-order valence-electron chi connectivity index (χ2n) is 5.24. The van der Waals surface area contributed by atoms with E-state index in [1.54, 1.807) is 13.8 Å². The number of hydrogen-bond donors (Lipinski definition) is 1. The zero-order chi connectivity index (χ0) is 10.6. The van der Waals surface area contributed by atoms with Crippen LogP contribution in [0, 0.1) is 5.92 Å². The summed E-state index contributed by atoms with van der Waals surface area (Å²) < 4.78 is 0. The molecule has 0 aliphatic carbocycles. The number of piperidine rings is 3. The molecule has 0 saturated carbocycles. The fraction of sp³-hybridized carbons (Fsp3) is 1.00. The zero-order valence-corrected chi connectivity index (χ0v) is 9.92. The summed E-state index contributed by atoms with van der Waals surface area (Å²) in [7, 11) is 0. The molecule has 0 unspecified atom stereocenters. The zero-order valence-electron chi connectivity index (χ0n) is 9.92. The third kappa shape index (κ3) is 7.48. The number of nitrogens with zero attached hydrogens (tertiary/aromatic N) is 1. The molecule has 86 valence electrons. The summed E-state index contributed by atoms with van der Waals surface area (Å²) in [5.74, 6) is 1.11. The Bertz CT molecular complexity index is 136. The molecule has 0 aromatic rings. The minimum absolute atomic E-state index is 0. The first-order valence-electron chi connectivity index (χ1n) is 5.96. The van der Waals surface area contributed by atoms with Crippen molar-refractivity contribution in [2.75, 3.05) is 19.6 Å². The number of hydrogen-bond acceptors (Lipinski definition) is 2. The third-order valence-electron chi connectivity index (χ3n) is 3.43. The van der Waals surface area contributed by atoms with Gasteiger partial charge in [0.05, 0.1) is 5.60 Å². The van der Waals surface area contributed by atoms with Crippen molar-refractivity contribution in [2.24, 2.45) is 5.92 Å². The molecule has 0 radical (unpaired) electrons. The Labute approximate surface area is 137 Å². The molecule has 0 amide bonds. The molecule has 0 spiro atoms. The summed E-state index contributed by atoms with van der Waals surface area (Å²) in [4.78, 5) is 2.58. The van der Waals surface area contributed by atoms with Crippen molar-refractivity contribution in [3.8, 4) is 0 Å².